The lowest BCUT2D eigenvalue weighted by molar-refractivity contribution is -0.114. The van der Waals surface area contributed by atoms with Gasteiger partial charge in [0, 0.05) is 23.5 Å². The summed E-state index contributed by atoms with van der Waals surface area (Å²) in [6.07, 6.45) is -3.39. The van der Waals surface area contributed by atoms with Crippen molar-refractivity contribution in [2.75, 3.05) is 10.8 Å². The van der Waals surface area contributed by atoms with Gasteiger partial charge in [-0.15, -0.1) is 13.2 Å². The van der Waals surface area contributed by atoms with Crippen molar-refractivity contribution in [3.05, 3.63) is 28.8 Å². The Balaban J connectivity index is 3.26. The first-order valence-electron chi connectivity index (χ1n) is 6.66. The summed E-state index contributed by atoms with van der Waals surface area (Å²) in [6, 6.07) is 3.50. The highest BCUT2D eigenvalue weighted by Gasteiger charge is 2.44. The maximum absolute atomic E-state index is 13.4. The molecule has 136 valence electrons. The molecule has 0 heterocycles. The molecule has 0 atom stereocenters. The maximum Gasteiger partial charge on any atom is 0.494 e. The highest BCUT2D eigenvalue weighted by Crippen LogP contribution is 2.48. The van der Waals surface area contributed by atoms with Crippen molar-refractivity contribution in [3.8, 4) is 0 Å². The number of halogens is 7. The minimum absolute atomic E-state index is 0.00859. The average molecular weight is 444 g/mol. The molecule has 0 aliphatic carbocycles. The smallest absolute Gasteiger partial charge is 0.352 e. The van der Waals surface area contributed by atoms with Crippen molar-refractivity contribution in [2.24, 2.45) is 0 Å². The van der Waals surface area contributed by atoms with Crippen molar-refractivity contribution < 1.29 is 18.0 Å². The first-order valence-corrected chi connectivity index (χ1v) is 8.94. The Bertz CT molecular complexity index is 581. The lowest BCUT2D eigenvalue weighted by atomic mass is 10.1. The number of nitrogens with one attached hydrogen (secondary N) is 1. The molecule has 0 aliphatic rings. The standard InChI is InChI=1S/C13H13Cl4F3N2OS/c1-2-3-6-21-11(23)9-5-4-8(14)7-10(9)22(13(18,19)20)24-12(15,16)17/h4-5,7H,2-3,6H2,1H3,(H,21,23). The fraction of sp³-hybridized carbons (Fsp3) is 0.462. The van der Waals surface area contributed by atoms with Crippen LogP contribution in [0.5, 0.6) is 0 Å². The van der Waals surface area contributed by atoms with E-state index in [9.17, 15) is 18.0 Å². The van der Waals surface area contributed by atoms with Crippen molar-refractivity contribution in [1.82, 2.24) is 5.32 Å². The second-order valence-electron chi connectivity index (χ2n) is 4.57. The predicted molar refractivity (Wildman–Crippen MR) is 95.1 cm³/mol. The van der Waals surface area contributed by atoms with Gasteiger partial charge in [-0.25, -0.2) is 4.31 Å². The second-order valence-corrected chi connectivity index (χ2v) is 9.12. The van der Waals surface area contributed by atoms with Gasteiger partial charge in [0.15, 0.2) is 0 Å². The Morgan fingerprint density at radius 2 is 1.92 bits per heavy atom. The SMILES string of the molecule is CCCCNC(=O)c1ccc(Cl)cc1N(SC(Cl)(Cl)Cl)C(F)(F)F. The monoisotopic (exact) mass is 442 g/mol. The number of hydrogen-bond donors (Lipinski definition) is 1. The molecule has 1 aromatic carbocycles. The Morgan fingerprint density at radius 3 is 2.42 bits per heavy atom. The Hall–Kier alpha value is -0.210. The van der Waals surface area contributed by atoms with Crippen molar-refractivity contribution in [2.45, 2.75) is 29.2 Å². The van der Waals surface area contributed by atoms with Gasteiger partial charge in [-0.1, -0.05) is 59.7 Å². The van der Waals surface area contributed by atoms with E-state index < -0.39 is 21.0 Å². The highest BCUT2D eigenvalue weighted by atomic mass is 35.6. The zero-order valence-corrected chi connectivity index (χ0v) is 16.1. The molecule has 0 fully saturated rings. The quantitative estimate of drug-likeness (QED) is 0.247. The van der Waals surface area contributed by atoms with Crippen LogP contribution < -0.4 is 9.62 Å². The zero-order valence-electron chi connectivity index (χ0n) is 12.3. The van der Waals surface area contributed by atoms with E-state index in [0.29, 0.717) is 13.0 Å². The molecule has 24 heavy (non-hydrogen) atoms. The molecule has 0 spiro atoms. The third-order valence-corrected chi connectivity index (χ3v) is 4.31. The van der Waals surface area contributed by atoms with Crippen LogP contribution in [-0.4, -0.2) is 21.9 Å². The van der Waals surface area contributed by atoms with Gasteiger partial charge >= 0.3 is 6.30 Å². The number of hydrogen-bond acceptors (Lipinski definition) is 3. The number of carbonyl (C=O) groups excluding carboxylic acids is 1. The van der Waals surface area contributed by atoms with E-state index in [2.05, 4.69) is 5.32 Å². The molecule has 0 radical (unpaired) electrons. The summed E-state index contributed by atoms with van der Waals surface area (Å²) in [7, 11) is 0. The maximum atomic E-state index is 13.4. The second kappa shape index (κ2) is 8.94. The Kier molecular flexibility index (Phi) is 8.13. The number of alkyl halides is 6. The lowest BCUT2D eigenvalue weighted by Crippen LogP contribution is -2.36. The first kappa shape index (κ1) is 21.8. The number of anilines is 1. The third-order valence-electron chi connectivity index (χ3n) is 2.66. The third kappa shape index (κ3) is 6.96. The van der Waals surface area contributed by atoms with Crippen LogP contribution in [0.2, 0.25) is 5.02 Å². The summed E-state index contributed by atoms with van der Waals surface area (Å²) in [4.78, 5) is 12.2. The molecule has 0 saturated heterocycles. The predicted octanol–water partition coefficient (Wildman–Crippen LogP) is 6.17. The van der Waals surface area contributed by atoms with E-state index in [0.717, 1.165) is 12.5 Å². The number of rotatable bonds is 6. The molecule has 0 bridgehead atoms. The van der Waals surface area contributed by atoms with Crippen LogP contribution in [0.4, 0.5) is 18.9 Å². The molecular formula is C13H13Cl4F3N2OS. The molecule has 11 heteroatoms. The molecular weight excluding hydrogens is 431 g/mol. The van der Waals surface area contributed by atoms with Crippen molar-refractivity contribution >= 4 is 69.9 Å². The van der Waals surface area contributed by atoms with Gasteiger partial charge in [0.2, 0.25) is 0 Å². The summed E-state index contributed by atoms with van der Waals surface area (Å²) in [5.74, 6) is -0.672. The Labute approximate surface area is 161 Å². The fourth-order valence-corrected chi connectivity index (χ4v) is 3.03. The van der Waals surface area contributed by atoms with Gasteiger partial charge in [-0.2, -0.15) is 0 Å². The summed E-state index contributed by atoms with van der Waals surface area (Å²) >= 11 is 22.1. The first-order chi connectivity index (χ1) is 11.0. The summed E-state index contributed by atoms with van der Waals surface area (Å²) < 4.78 is 37.6. The molecule has 0 saturated carbocycles. The van der Waals surface area contributed by atoms with Crippen LogP contribution in [0.3, 0.4) is 0 Å². The van der Waals surface area contributed by atoms with Gasteiger partial charge in [0.1, 0.15) is 0 Å². The minimum Gasteiger partial charge on any atom is -0.352 e. The molecule has 1 aromatic rings. The molecule has 1 rings (SSSR count). The van der Waals surface area contributed by atoms with E-state index in [4.69, 9.17) is 46.4 Å². The summed E-state index contributed by atoms with van der Waals surface area (Å²) in [6.45, 7) is 2.25. The number of nitrogens with zero attached hydrogens (tertiary/aromatic N) is 1. The normalized spacial score (nSPS) is 12.2. The molecule has 0 unspecified atom stereocenters. The zero-order chi connectivity index (χ0) is 18.5. The van der Waals surface area contributed by atoms with Gasteiger partial charge in [-0.05, 0) is 24.6 Å². The van der Waals surface area contributed by atoms with Crippen LogP contribution in [0.1, 0.15) is 30.1 Å². The largest absolute Gasteiger partial charge is 0.494 e. The van der Waals surface area contributed by atoms with Crippen molar-refractivity contribution in [1.29, 1.82) is 0 Å². The number of carbonyl (C=O) groups is 1. The van der Waals surface area contributed by atoms with Gasteiger partial charge in [-0.3, -0.25) is 4.79 Å². The summed E-state index contributed by atoms with van der Waals surface area (Å²) in [5, 5.41) is 2.55. The topological polar surface area (TPSA) is 32.3 Å². The van der Waals surface area contributed by atoms with Crippen LogP contribution in [0.25, 0.3) is 0 Å². The van der Waals surface area contributed by atoms with E-state index in [1.807, 2.05) is 6.92 Å². The van der Waals surface area contributed by atoms with Crippen LogP contribution in [0.15, 0.2) is 18.2 Å². The van der Waals surface area contributed by atoms with E-state index in [1.54, 1.807) is 0 Å². The lowest BCUT2D eigenvalue weighted by Gasteiger charge is -2.29. The summed E-state index contributed by atoms with van der Waals surface area (Å²) in [5.41, 5.74) is -0.741. The van der Waals surface area contributed by atoms with Crippen LogP contribution >= 0.6 is 58.4 Å². The van der Waals surface area contributed by atoms with Crippen LogP contribution in [-0.2, 0) is 0 Å². The number of amides is 1. The van der Waals surface area contributed by atoms with Gasteiger partial charge < -0.3 is 5.32 Å². The van der Waals surface area contributed by atoms with Gasteiger partial charge in [0.05, 0.1) is 11.3 Å². The highest BCUT2D eigenvalue weighted by molar-refractivity contribution is 8.06. The number of unbranched alkanes of at least 4 members (excludes halogenated alkanes) is 1. The average Bonchev–Trinajstić information content (AvgIpc) is 2.42. The number of benzene rings is 1. The van der Waals surface area contributed by atoms with E-state index in [-0.39, 0.29) is 26.8 Å². The molecule has 0 aliphatic heterocycles. The minimum atomic E-state index is -4.91. The van der Waals surface area contributed by atoms with Crippen molar-refractivity contribution in [3.63, 3.8) is 0 Å². The van der Waals surface area contributed by atoms with Gasteiger partial charge in [0.25, 0.3) is 9.03 Å². The molecule has 0 aromatic heterocycles. The fourth-order valence-electron chi connectivity index (χ4n) is 1.68. The Morgan fingerprint density at radius 1 is 1.29 bits per heavy atom. The molecule has 1 N–H and O–H groups in total. The van der Waals surface area contributed by atoms with E-state index in [1.165, 1.54) is 12.1 Å². The molecule has 3 nitrogen and oxygen atoms in total. The van der Waals surface area contributed by atoms with E-state index >= 15 is 0 Å². The molecule has 1 amide bonds. The van der Waals surface area contributed by atoms with Crippen LogP contribution in [0, 0.1) is 0 Å².